The van der Waals surface area contributed by atoms with Crippen molar-refractivity contribution < 1.29 is 9.90 Å². The first-order valence-electron chi connectivity index (χ1n) is 5.21. The van der Waals surface area contributed by atoms with Crippen LogP contribution in [0.15, 0.2) is 24.7 Å². The standard InChI is InChI=1S/C11H13N3O2S/c15-11(16)3-9-1-2-10(17-9)6-12-4-8-5-13-7-14-8/h1-2,5,7,12H,3-4,6H2,(H,13,14)(H,15,16). The highest BCUT2D eigenvalue weighted by molar-refractivity contribution is 7.12. The number of carboxylic acid groups (broad SMARTS) is 1. The van der Waals surface area contributed by atoms with Crippen LogP contribution in [0.5, 0.6) is 0 Å². The number of aromatic amines is 1. The molecule has 5 nitrogen and oxygen atoms in total. The molecule has 6 heteroatoms. The lowest BCUT2D eigenvalue weighted by Gasteiger charge is -1.99. The summed E-state index contributed by atoms with van der Waals surface area (Å²) in [6.07, 6.45) is 3.52. The lowest BCUT2D eigenvalue weighted by molar-refractivity contribution is -0.136. The Morgan fingerprint density at radius 1 is 1.41 bits per heavy atom. The Balaban J connectivity index is 1.79. The molecule has 2 aromatic rings. The molecule has 0 amide bonds. The SMILES string of the molecule is O=C(O)Cc1ccc(CNCc2cnc[nH]2)s1. The Labute approximate surface area is 103 Å². The van der Waals surface area contributed by atoms with E-state index in [2.05, 4.69) is 15.3 Å². The van der Waals surface area contributed by atoms with Crippen LogP contribution in [-0.2, 0) is 24.3 Å². The number of imidazole rings is 1. The zero-order chi connectivity index (χ0) is 12.1. The summed E-state index contributed by atoms with van der Waals surface area (Å²) in [5.74, 6) is -0.788. The maximum Gasteiger partial charge on any atom is 0.308 e. The Hall–Kier alpha value is -1.66. The van der Waals surface area contributed by atoms with Crippen molar-refractivity contribution in [3.05, 3.63) is 40.1 Å². The number of carbonyl (C=O) groups is 1. The third-order valence-electron chi connectivity index (χ3n) is 2.21. The average Bonchev–Trinajstić information content (AvgIpc) is 2.89. The van der Waals surface area contributed by atoms with Crippen molar-refractivity contribution in [3.8, 4) is 0 Å². The Kier molecular flexibility index (Phi) is 3.89. The van der Waals surface area contributed by atoms with Gasteiger partial charge in [0.25, 0.3) is 0 Å². The van der Waals surface area contributed by atoms with Gasteiger partial charge in [0.05, 0.1) is 12.7 Å². The number of hydrogen-bond donors (Lipinski definition) is 3. The highest BCUT2D eigenvalue weighted by Crippen LogP contribution is 2.16. The van der Waals surface area contributed by atoms with E-state index < -0.39 is 5.97 Å². The van der Waals surface area contributed by atoms with Gasteiger partial charge < -0.3 is 15.4 Å². The number of rotatable bonds is 6. The first kappa shape index (κ1) is 11.8. The number of thiophene rings is 1. The van der Waals surface area contributed by atoms with E-state index in [1.54, 1.807) is 12.5 Å². The molecule has 0 radical (unpaired) electrons. The van der Waals surface area contributed by atoms with Crippen molar-refractivity contribution in [1.29, 1.82) is 0 Å². The smallest absolute Gasteiger partial charge is 0.308 e. The molecule has 0 bridgehead atoms. The minimum absolute atomic E-state index is 0.102. The highest BCUT2D eigenvalue weighted by Gasteiger charge is 2.04. The topological polar surface area (TPSA) is 78.0 Å². The van der Waals surface area contributed by atoms with Crippen molar-refractivity contribution in [2.24, 2.45) is 0 Å². The minimum atomic E-state index is -0.788. The van der Waals surface area contributed by atoms with E-state index in [1.165, 1.54) is 11.3 Å². The summed E-state index contributed by atoms with van der Waals surface area (Å²) >= 11 is 1.53. The second-order valence-corrected chi connectivity index (χ2v) is 4.87. The largest absolute Gasteiger partial charge is 0.481 e. The number of hydrogen-bond acceptors (Lipinski definition) is 4. The number of aliphatic carboxylic acids is 1. The van der Waals surface area contributed by atoms with Crippen LogP contribution in [0.25, 0.3) is 0 Å². The molecule has 90 valence electrons. The zero-order valence-corrected chi connectivity index (χ0v) is 9.96. The Morgan fingerprint density at radius 3 is 2.94 bits per heavy atom. The van der Waals surface area contributed by atoms with Gasteiger partial charge in [0.15, 0.2) is 0 Å². The van der Waals surface area contributed by atoms with Gasteiger partial charge in [0.1, 0.15) is 0 Å². The summed E-state index contributed by atoms with van der Waals surface area (Å²) in [7, 11) is 0. The van der Waals surface area contributed by atoms with Gasteiger partial charge >= 0.3 is 5.97 Å². The molecular formula is C11H13N3O2S. The summed E-state index contributed by atoms with van der Waals surface area (Å²) in [4.78, 5) is 19.5. The lowest BCUT2D eigenvalue weighted by atomic mass is 10.3. The van der Waals surface area contributed by atoms with Crippen LogP contribution in [0.4, 0.5) is 0 Å². The predicted molar refractivity (Wildman–Crippen MR) is 64.8 cm³/mol. The van der Waals surface area contributed by atoms with Crippen molar-refractivity contribution in [1.82, 2.24) is 15.3 Å². The van der Waals surface area contributed by atoms with Gasteiger partial charge in [-0.25, -0.2) is 4.98 Å². The molecule has 17 heavy (non-hydrogen) atoms. The summed E-state index contributed by atoms with van der Waals surface area (Å²) < 4.78 is 0. The maximum absolute atomic E-state index is 10.5. The van der Waals surface area contributed by atoms with Crippen LogP contribution < -0.4 is 5.32 Å². The molecule has 0 spiro atoms. The minimum Gasteiger partial charge on any atom is -0.481 e. The van der Waals surface area contributed by atoms with Gasteiger partial charge in [-0.15, -0.1) is 11.3 Å². The number of nitrogens with one attached hydrogen (secondary N) is 2. The van der Waals surface area contributed by atoms with Crippen LogP contribution in [-0.4, -0.2) is 21.0 Å². The molecule has 0 saturated carbocycles. The van der Waals surface area contributed by atoms with E-state index in [-0.39, 0.29) is 6.42 Å². The summed E-state index contributed by atoms with van der Waals surface area (Å²) in [6, 6.07) is 3.83. The maximum atomic E-state index is 10.5. The van der Waals surface area contributed by atoms with Crippen molar-refractivity contribution in [3.63, 3.8) is 0 Å². The van der Waals surface area contributed by atoms with Crippen molar-refractivity contribution in [2.45, 2.75) is 19.5 Å². The molecule has 0 fully saturated rings. The third kappa shape index (κ3) is 3.69. The molecule has 0 atom stereocenters. The van der Waals surface area contributed by atoms with E-state index in [9.17, 15) is 4.79 Å². The number of aromatic nitrogens is 2. The number of carboxylic acids is 1. The molecule has 0 aromatic carbocycles. The third-order valence-corrected chi connectivity index (χ3v) is 3.30. The highest BCUT2D eigenvalue weighted by atomic mass is 32.1. The van der Waals surface area contributed by atoms with Crippen LogP contribution in [0, 0.1) is 0 Å². The molecule has 2 rings (SSSR count). The molecule has 0 aliphatic heterocycles. The second-order valence-electron chi connectivity index (χ2n) is 3.62. The Bertz CT molecular complexity index is 479. The monoisotopic (exact) mass is 251 g/mol. The fraction of sp³-hybridized carbons (Fsp3) is 0.273. The first-order chi connectivity index (χ1) is 8.24. The van der Waals surface area contributed by atoms with E-state index in [1.807, 2.05) is 12.1 Å². The van der Waals surface area contributed by atoms with Gasteiger partial charge in [-0.3, -0.25) is 4.79 Å². The lowest BCUT2D eigenvalue weighted by Crippen LogP contribution is -2.11. The van der Waals surface area contributed by atoms with Crippen LogP contribution in [0.1, 0.15) is 15.4 Å². The van der Waals surface area contributed by atoms with Crippen LogP contribution >= 0.6 is 11.3 Å². The molecule has 0 unspecified atom stereocenters. The van der Waals surface area contributed by atoms with Gasteiger partial charge in [-0.1, -0.05) is 0 Å². The number of nitrogens with zero attached hydrogens (tertiary/aromatic N) is 1. The van der Waals surface area contributed by atoms with Gasteiger partial charge in [0.2, 0.25) is 0 Å². The van der Waals surface area contributed by atoms with E-state index >= 15 is 0 Å². The number of H-pyrrole nitrogens is 1. The van der Waals surface area contributed by atoms with Gasteiger partial charge in [0, 0.05) is 34.7 Å². The molecular weight excluding hydrogens is 238 g/mol. The Morgan fingerprint density at radius 2 is 2.24 bits per heavy atom. The molecule has 2 aromatic heterocycles. The summed E-state index contributed by atoms with van der Waals surface area (Å²) in [6.45, 7) is 1.47. The normalized spacial score (nSPS) is 10.6. The molecule has 0 aliphatic rings. The van der Waals surface area contributed by atoms with Crippen molar-refractivity contribution >= 4 is 17.3 Å². The van der Waals surface area contributed by atoms with E-state index in [0.29, 0.717) is 0 Å². The average molecular weight is 251 g/mol. The fourth-order valence-corrected chi connectivity index (χ4v) is 2.44. The molecule has 0 aliphatic carbocycles. The summed E-state index contributed by atoms with van der Waals surface area (Å²) in [5, 5.41) is 11.9. The van der Waals surface area contributed by atoms with Crippen LogP contribution in [0.2, 0.25) is 0 Å². The predicted octanol–water partition coefficient (Wildman–Crippen LogP) is 1.39. The molecule has 0 saturated heterocycles. The molecule has 3 N–H and O–H groups in total. The quantitative estimate of drug-likeness (QED) is 0.725. The summed E-state index contributed by atoms with van der Waals surface area (Å²) in [5.41, 5.74) is 1.03. The van der Waals surface area contributed by atoms with E-state index in [0.717, 1.165) is 28.5 Å². The van der Waals surface area contributed by atoms with E-state index in [4.69, 9.17) is 5.11 Å². The fourth-order valence-electron chi connectivity index (χ4n) is 1.46. The van der Waals surface area contributed by atoms with Gasteiger partial charge in [-0.2, -0.15) is 0 Å². The second kappa shape index (κ2) is 5.60. The first-order valence-corrected chi connectivity index (χ1v) is 6.03. The van der Waals surface area contributed by atoms with Crippen molar-refractivity contribution in [2.75, 3.05) is 0 Å². The van der Waals surface area contributed by atoms with Crippen LogP contribution in [0.3, 0.4) is 0 Å². The zero-order valence-electron chi connectivity index (χ0n) is 9.14. The van der Waals surface area contributed by atoms with Gasteiger partial charge in [-0.05, 0) is 12.1 Å². The molecule has 2 heterocycles.